The molecule has 1 spiro atoms. The number of aromatic nitrogens is 3. The molecule has 1 unspecified atom stereocenters. The first-order valence-corrected chi connectivity index (χ1v) is 11.7. The van der Waals surface area contributed by atoms with Crippen molar-refractivity contribution in [3.63, 3.8) is 0 Å². The number of carbonyl (C=O) groups is 2. The Labute approximate surface area is 215 Å². The molecule has 2 amide bonds. The van der Waals surface area contributed by atoms with Gasteiger partial charge in [-0.3, -0.25) is 19.1 Å². The van der Waals surface area contributed by atoms with Gasteiger partial charge in [0.05, 0.1) is 11.6 Å². The van der Waals surface area contributed by atoms with Gasteiger partial charge in [-0.05, 0) is 44.5 Å². The van der Waals surface area contributed by atoms with Gasteiger partial charge in [-0.2, -0.15) is 0 Å². The van der Waals surface area contributed by atoms with Crippen molar-refractivity contribution in [2.75, 3.05) is 17.6 Å². The predicted octanol–water partition coefficient (Wildman–Crippen LogP) is 2.95. The first-order valence-electron chi connectivity index (χ1n) is 11.3. The van der Waals surface area contributed by atoms with Crippen LogP contribution in [0, 0.1) is 5.82 Å². The number of hydrogen-bond acceptors (Lipinski definition) is 8. The highest BCUT2D eigenvalue weighted by atomic mass is 35.5. The van der Waals surface area contributed by atoms with Gasteiger partial charge in [0.15, 0.2) is 5.66 Å². The van der Waals surface area contributed by atoms with Crippen LogP contribution in [0.5, 0.6) is 0 Å². The van der Waals surface area contributed by atoms with E-state index in [1.165, 1.54) is 41.6 Å². The van der Waals surface area contributed by atoms with Crippen molar-refractivity contribution in [2.45, 2.75) is 38.6 Å². The van der Waals surface area contributed by atoms with Gasteiger partial charge in [0.1, 0.15) is 40.8 Å². The minimum Gasteiger partial charge on any atom is -0.444 e. The molecule has 0 saturated heterocycles. The quantitative estimate of drug-likeness (QED) is 0.461. The van der Waals surface area contributed by atoms with Crippen molar-refractivity contribution in [2.24, 2.45) is 0 Å². The maximum Gasteiger partial charge on any atom is 0.410 e. The number of nitrogens with two attached hydrogens (primary N) is 1. The number of fused-ring (bicyclic) bond motifs is 4. The van der Waals surface area contributed by atoms with Crippen LogP contribution in [-0.2, 0) is 16.9 Å². The third kappa shape index (κ3) is 4.22. The molecule has 4 heterocycles. The number of nitrogens with zero attached hydrogens (tertiary/aromatic N) is 4. The molecule has 0 radical (unpaired) electrons. The number of hydrogen-bond donors (Lipinski definition) is 3. The van der Waals surface area contributed by atoms with Crippen LogP contribution in [0.25, 0.3) is 0 Å². The highest BCUT2D eigenvalue weighted by molar-refractivity contribution is 6.34. The summed E-state index contributed by atoms with van der Waals surface area (Å²) in [6, 6.07) is 6.71. The highest BCUT2D eigenvalue weighted by Crippen LogP contribution is 2.40. The molecule has 0 saturated carbocycles. The van der Waals surface area contributed by atoms with Crippen LogP contribution in [0.1, 0.15) is 42.4 Å². The largest absolute Gasteiger partial charge is 0.444 e. The molecule has 2 aliphatic heterocycles. The Hall–Kier alpha value is -4.19. The zero-order valence-corrected chi connectivity index (χ0v) is 20.9. The summed E-state index contributed by atoms with van der Waals surface area (Å²) in [6.45, 7) is 5.05. The van der Waals surface area contributed by atoms with Crippen LogP contribution in [0.15, 0.2) is 41.5 Å². The molecule has 4 N–H and O–H groups in total. The SMILES string of the molecule is CC(C)(C)OC(=O)N1Cc2ccc(F)cc2C2(C1)NC(=O)c1c(Cl)cc(Nc3cc(N)ncn3)c(=O)n12. The first-order chi connectivity index (χ1) is 17.4. The Balaban J connectivity index is 1.70. The molecule has 0 fully saturated rings. The second-order valence-corrected chi connectivity index (χ2v) is 10.2. The number of amides is 2. The van der Waals surface area contributed by atoms with E-state index in [1.54, 1.807) is 20.8 Å². The van der Waals surface area contributed by atoms with E-state index < -0.39 is 34.6 Å². The van der Waals surface area contributed by atoms with Crippen LogP contribution in [-0.4, -0.2) is 43.6 Å². The zero-order chi connectivity index (χ0) is 26.7. The average molecular weight is 528 g/mol. The first kappa shape index (κ1) is 24.5. The van der Waals surface area contributed by atoms with E-state index in [1.807, 2.05) is 0 Å². The van der Waals surface area contributed by atoms with E-state index >= 15 is 0 Å². The van der Waals surface area contributed by atoms with Crippen LogP contribution in [0.3, 0.4) is 0 Å². The number of anilines is 3. The second-order valence-electron chi connectivity index (χ2n) is 9.80. The number of halogens is 2. The van der Waals surface area contributed by atoms with Gasteiger partial charge in [-0.25, -0.2) is 19.2 Å². The summed E-state index contributed by atoms with van der Waals surface area (Å²) in [5.41, 5.74) is 3.32. The second kappa shape index (κ2) is 8.44. The number of rotatable bonds is 2. The van der Waals surface area contributed by atoms with Crippen LogP contribution < -0.4 is 21.9 Å². The maximum absolute atomic E-state index is 14.5. The molecule has 11 nitrogen and oxygen atoms in total. The minimum atomic E-state index is -1.65. The van der Waals surface area contributed by atoms with Gasteiger partial charge >= 0.3 is 6.09 Å². The van der Waals surface area contributed by atoms with Crippen LogP contribution >= 0.6 is 11.6 Å². The Bertz CT molecular complexity index is 1520. The van der Waals surface area contributed by atoms with Gasteiger partial charge in [0.25, 0.3) is 11.5 Å². The van der Waals surface area contributed by atoms with Crippen molar-refractivity contribution in [3.05, 3.63) is 74.7 Å². The van der Waals surface area contributed by atoms with Crippen LogP contribution in [0.2, 0.25) is 5.02 Å². The Kier molecular flexibility index (Phi) is 5.59. The fourth-order valence-electron chi connectivity index (χ4n) is 4.58. The zero-order valence-electron chi connectivity index (χ0n) is 20.1. The minimum absolute atomic E-state index is 0.0185. The summed E-state index contributed by atoms with van der Waals surface area (Å²) < 4.78 is 21.2. The molecule has 37 heavy (non-hydrogen) atoms. The van der Waals surface area contributed by atoms with Crippen molar-refractivity contribution in [1.29, 1.82) is 0 Å². The lowest BCUT2D eigenvalue weighted by atomic mass is 9.89. The summed E-state index contributed by atoms with van der Waals surface area (Å²) in [7, 11) is 0. The van der Waals surface area contributed by atoms with E-state index in [4.69, 9.17) is 22.1 Å². The molecule has 192 valence electrons. The predicted molar refractivity (Wildman–Crippen MR) is 133 cm³/mol. The molecule has 0 bridgehead atoms. The molecule has 2 aliphatic rings. The number of ether oxygens (including phenoxy) is 1. The Morgan fingerprint density at radius 1 is 1.24 bits per heavy atom. The average Bonchev–Trinajstić information content (AvgIpc) is 3.09. The third-order valence-electron chi connectivity index (χ3n) is 5.97. The number of carbonyl (C=O) groups excluding carboxylic acids is 2. The fourth-order valence-corrected chi connectivity index (χ4v) is 4.86. The summed E-state index contributed by atoms with van der Waals surface area (Å²) in [5.74, 6) is -0.835. The molecule has 13 heteroatoms. The summed E-state index contributed by atoms with van der Waals surface area (Å²) in [5, 5.41) is 5.62. The Morgan fingerprint density at radius 2 is 2.00 bits per heavy atom. The molecular weight excluding hydrogens is 505 g/mol. The topological polar surface area (TPSA) is 144 Å². The number of benzene rings is 1. The summed E-state index contributed by atoms with van der Waals surface area (Å²) in [6.07, 6.45) is 0.560. The molecule has 1 atom stereocenters. The van der Waals surface area contributed by atoms with Gasteiger partial charge in [-0.1, -0.05) is 17.7 Å². The van der Waals surface area contributed by atoms with E-state index in [2.05, 4.69) is 20.6 Å². The van der Waals surface area contributed by atoms with E-state index in [9.17, 15) is 18.8 Å². The normalized spacial score (nSPS) is 18.3. The van der Waals surface area contributed by atoms with Crippen molar-refractivity contribution in [3.8, 4) is 0 Å². The van der Waals surface area contributed by atoms with Crippen molar-refractivity contribution >= 4 is 40.9 Å². The summed E-state index contributed by atoms with van der Waals surface area (Å²) in [4.78, 5) is 49.3. The number of pyridine rings is 1. The lowest BCUT2D eigenvalue weighted by Gasteiger charge is -2.42. The third-order valence-corrected chi connectivity index (χ3v) is 6.26. The molecule has 0 aliphatic carbocycles. The molecule has 2 aromatic heterocycles. The molecule has 3 aromatic rings. The highest BCUT2D eigenvalue weighted by Gasteiger charge is 2.52. The van der Waals surface area contributed by atoms with E-state index in [-0.39, 0.29) is 41.1 Å². The van der Waals surface area contributed by atoms with E-state index in [0.29, 0.717) is 11.1 Å². The lowest BCUT2D eigenvalue weighted by molar-refractivity contribution is 0.0122. The number of nitrogen functional groups attached to an aromatic ring is 1. The smallest absolute Gasteiger partial charge is 0.410 e. The van der Waals surface area contributed by atoms with Gasteiger partial charge in [-0.15, -0.1) is 0 Å². The fraction of sp³-hybridized carbons (Fsp3) is 0.292. The summed E-state index contributed by atoms with van der Waals surface area (Å²) >= 11 is 6.49. The Morgan fingerprint density at radius 3 is 2.70 bits per heavy atom. The maximum atomic E-state index is 14.5. The standard InChI is InChI=1S/C24H23ClFN7O4/c1-23(2,3)37-22(36)32-9-12-4-5-13(26)6-14(12)24(10-32)31-20(34)19-15(25)7-16(21(35)33(19)24)30-18-8-17(27)28-11-29-18/h4-8,11H,9-10H2,1-3H3,(H,31,34)(H3,27,28,29,30). The van der Waals surface area contributed by atoms with Gasteiger partial charge in [0, 0.05) is 18.2 Å². The number of nitrogens with one attached hydrogen (secondary N) is 2. The van der Waals surface area contributed by atoms with Crippen molar-refractivity contribution in [1.82, 2.24) is 24.8 Å². The lowest BCUT2D eigenvalue weighted by Crippen LogP contribution is -2.59. The van der Waals surface area contributed by atoms with Gasteiger partial charge in [0.2, 0.25) is 0 Å². The molecular formula is C24H23ClFN7O4. The van der Waals surface area contributed by atoms with Crippen LogP contribution in [0.4, 0.5) is 26.5 Å². The molecule has 5 rings (SSSR count). The van der Waals surface area contributed by atoms with E-state index in [0.717, 1.165) is 4.57 Å². The van der Waals surface area contributed by atoms with Gasteiger partial charge < -0.3 is 21.1 Å². The molecule has 1 aromatic carbocycles. The van der Waals surface area contributed by atoms with Crippen molar-refractivity contribution < 1.29 is 18.7 Å². The monoisotopic (exact) mass is 527 g/mol.